The smallest absolute Gasteiger partial charge is 0.192 e. The Morgan fingerprint density at radius 2 is 2.07 bits per heavy atom. The van der Waals surface area contributed by atoms with Crippen LogP contribution in [-0.4, -0.2) is 10.9 Å². The summed E-state index contributed by atoms with van der Waals surface area (Å²) in [6.45, 7) is 8.26. The molecule has 1 aliphatic heterocycles. The summed E-state index contributed by atoms with van der Waals surface area (Å²) in [5.41, 5.74) is 1.70. The van der Waals surface area contributed by atoms with Crippen LogP contribution in [0.4, 0.5) is 5.69 Å². The quantitative estimate of drug-likeness (QED) is 0.704. The lowest BCUT2D eigenvalue weighted by atomic mass is 9.96. The number of nitrogens with zero attached hydrogens (tertiary/aromatic N) is 2. The van der Waals surface area contributed by atoms with E-state index in [0.29, 0.717) is 5.92 Å². The zero-order chi connectivity index (χ0) is 11.1. The Bertz CT molecular complexity index is 408. The first-order valence-electron chi connectivity index (χ1n) is 5.23. The minimum absolute atomic E-state index is 0.311. The summed E-state index contributed by atoms with van der Waals surface area (Å²) in [5, 5.41) is 0. The average molecular weight is 204 g/mol. The molecule has 2 heterocycles. The van der Waals surface area contributed by atoms with Gasteiger partial charge in [0.05, 0.1) is 5.69 Å². The summed E-state index contributed by atoms with van der Waals surface area (Å²) in [7, 11) is 0. The topological polar surface area (TPSA) is 34.5 Å². The molecule has 0 unspecified atom stereocenters. The highest BCUT2D eigenvalue weighted by molar-refractivity contribution is 5.83. The lowest BCUT2D eigenvalue weighted by molar-refractivity contribution is 0.0811. The van der Waals surface area contributed by atoms with Crippen LogP contribution in [0.3, 0.4) is 0 Å². The molecule has 0 N–H and O–H groups in total. The van der Waals surface area contributed by atoms with Gasteiger partial charge in [0, 0.05) is 23.9 Å². The number of rotatable bonds is 1. The Balaban J connectivity index is 2.54. The Morgan fingerprint density at radius 3 is 2.73 bits per heavy atom. The summed E-state index contributed by atoms with van der Waals surface area (Å²) in [6.07, 6.45) is 3.59. The minimum atomic E-state index is -0.328. The summed E-state index contributed by atoms with van der Waals surface area (Å²) in [5.74, 6) is 1.12. The van der Waals surface area contributed by atoms with E-state index in [1.54, 1.807) is 6.20 Å². The van der Waals surface area contributed by atoms with Gasteiger partial charge in [-0.2, -0.15) is 0 Å². The number of ether oxygens (including phenoxy) is 1. The van der Waals surface area contributed by atoms with E-state index in [-0.39, 0.29) is 5.60 Å². The van der Waals surface area contributed by atoms with E-state index >= 15 is 0 Å². The number of hydrogen-bond donors (Lipinski definition) is 0. The second kappa shape index (κ2) is 3.33. The Morgan fingerprint density at radius 1 is 1.33 bits per heavy atom. The van der Waals surface area contributed by atoms with Crippen LogP contribution >= 0.6 is 0 Å². The highest BCUT2D eigenvalue weighted by Gasteiger charge is 2.32. The molecule has 0 fully saturated rings. The largest absolute Gasteiger partial charge is 0.470 e. The normalized spacial score (nSPS) is 18.1. The van der Waals surface area contributed by atoms with Crippen molar-refractivity contribution in [1.82, 2.24) is 4.98 Å². The van der Waals surface area contributed by atoms with Crippen LogP contribution in [0.2, 0.25) is 0 Å². The Hall–Kier alpha value is -1.38. The van der Waals surface area contributed by atoms with Gasteiger partial charge in [-0.25, -0.2) is 4.99 Å². The second-order valence-electron chi connectivity index (χ2n) is 4.61. The monoisotopic (exact) mass is 204 g/mol. The summed E-state index contributed by atoms with van der Waals surface area (Å²) in [6, 6.07) is 1.93. The van der Waals surface area contributed by atoms with Crippen LogP contribution in [0, 0.1) is 5.92 Å². The van der Waals surface area contributed by atoms with E-state index < -0.39 is 0 Å². The molecule has 1 aliphatic rings. The van der Waals surface area contributed by atoms with Crippen LogP contribution in [-0.2, 0) is 10.3 Å². The first-order valence-corrected chi connectivity index (χ1v) is 5.23. The molecule has 3 nitrogen and oxygen atoms in total. The minimum Gasteiger partial charge on any atom is -0.470 e. The van der Waals surface area contributed by atoms with Crippen LogP contribution in [0.15, 0.2) is 23.5 Å². The molecule has 0 saturated heterocycles. The van der Waals surface area contributed by atoms with Crippen molar-refractivity contribution in [2.75, 3.05) is 0 Å². The maximum absolute atomic E-state index is 5.87. The summed E-state index contributed by atoms with van der Waals surface area (Å²) >= 11 is 0. The zero-order valence-corrected chi connectivity index (χ0v) is 9.61. The molecule has 3 heteroatoms. The molecule has 80 valence electrons. The van der Waals surface area contributed by atoms with E-state index in [2.05, 4.69) is 23.8 Å². The standard InChI is InChI=1S/C12H16N2O/c1-8(2)11-14-10-5-6-13-7-9(10)12(3,4)15-11/h5-8H,1-4H3. The van der Waals surface area contributed by atoms with Gasteiger partial charge in [-0.05, 0) is 19.9 Å². The predicted octanol–water partition coefficient (Wildman–Crippen LogP) is 3.03. The van der Waals surface area contributed by atoms with Gasteiger partial charge in [-0.15, -0.1) is 0 Å². The number of pyridine rings is 1. The van der Waals surface area contributed by atoms with Gasteiger partial charge in [0.15, 0.2) is 5.90 Å². The highest BCUT2D eigenvalue weighted by atomic mass is 16.5. The fourth-order valence-corrected chi connectivity index (χ4v) is 1.65. The van der Waals surface area contributed by atoms with Gasteiger partial charge in [0.1, 0.15) is 5.60 Å². The second-order valence-corrected chi connectivity index (χ2v) is 4.61. The van der Waals surface area contributed by atoms with E-state index in [1.807, 2.05) is 26.1 Å². The molecule has 0 aliphatic carbocycles. The number of hydrogen-bond acceptors (Lipinski definition) is 3. The molecular weight excluding hydrogens is 188 g/mol. The van der Waals surface area contributed by atoms with E-state index in [0.717, 1.165) is 17.1 Å². The molecule has 2 rings (SSSR count). The van der Waals surface area contributed by atoms with Crippen molar-refractivity contribution in [2.24, 2.45) is 10.9 Å². The number of aromatic nitrogens is 1. The van der Waals surface area contributed by atoms with Crippen LogP contribution in [0.25, 0.3) is 0 Å². The molecule has 0 atom stereocenters. The lowest BCUT2D eigenvalue weighted by Crippen LogP contribution is -2.31. The molecule has 0 bridgehead atoms. The van der Waals surface area contributed by atoms with Crippen molar-refractivity contribution in [2.45, 2.75) is 33.3 Å². The van der Waals surface area contributed by atoms with Gasteiger partial charge in [-0.3, -0.25) is 4.98 Å². The maximum atomic E-state index is 5.87. The molecule has 0 aromatic carbocycles. The average Bonchev–Trinajstić information content (AvgIpc) is 2.16. The summed E-state index contributed by atoms with van der Waals surface area (Å²) < 4.78 is 5.87. The molecular formula is C12H16N2O. The number of fused-ring (bicyclic) bond motifs is 1. The first-order chi connectivity index (χ1) is 7.00. The molecule has 0 radical (unpaired) electrons. The third-order valence-electron chi connectivity index (χ3n) is 2.53. The van der Waals surface area contributed by atoms with Gasteiger partial charge in [0.2, 0.25) is 0 Å². The van der Waals surface area contributed by atoms with Crippen LogP contribution in [0.1, 0.15) is 33.3 Å². The van der Waals surface area contributed by atoms with Gasteiger partial charge < -0.3 is 4.74 Å². The fraction of sp³-hybridized carbons (Fsp3) is 0.500. The Kier molecular flexibility index (Phi) is 2.25. The van der Waals surface area contributed by atoms with Crippen molar-refractivity contribution in [3.63, 3.8) is 0 Å². The van der Waals surface area contributed by atoms with Gasteiger partial charge >= 0.3 is 0 Å². The predicted molar refractivity (Wildman–Crippen MR) is 60.3 cm³/mol. The van der Waals surface area contributed by atoms with E-state index in [1.165, 1.54) is 0 Å². The molecule has 0 saturated carbocycles. The molecule has 0 amide bonds. The fourth-order valence-electron chi connectivity index (χ4n) is 1.65. The van der Waals surface area contributed by atoms with Crippen molar-refractivity contribution < 1.29 is 4.74 Å². The van der Waals surface area contributed by atoms with Crippen LogP contribution in [0.5, 0.6) is 0 Å². The van der Waals surface area contributed by atoms with Crippen LogP contribution < -0.4 is 0 Å². The van der Waals surface area contributed by atoms with Gasteiger partial charge in [-0.1, -0.05) is 13.8 Å². The SMILES string of the molecule is CC(C)C1=Nc2ccncc2C(C)(C)O1. The van der Waals surface area contributed by atoms with Crippen molar-refractivity contribution in [3.8, 4) is 0 Å². The van der Waals surface area contributed by atoms with Crippen molar-refractivity contribution >= 4 is 11.6 Å². The Labute approximate surface area is 90.2 Å². The third kappa shape index (κ3) is 1.74. The lowest BCUT2D eigenvalue weighted by Gasteiger charge is -2.33. The molecule has 15 heavy (non-hydrogen) atoms. The molecule has 1 aromatic rings. The van der Waals surface area contributed by atoms with Crippen molar-refractivity contribution in [1.29, 1.82) is 0 Å². The van der Waals surface area contributed by atoms with Gasteiger partial charge in [0.25, 0.3) is 0 Å². The first kappa shape index (κ1) is 10.1. The molecule has 1 aromatic heterocycles. The summed E-state index contributed by atoms with van der Waals surface area (Å²) in [4.78, 5) is 8.61. The van der Waals surface area contributed by atoms with Crippen molar-refractivity contribution in [3.05, 3.63) is 24.0 Å². The highest BCUT2D eigenvalue weighted by Crippen LogP contribution is 2.37. The van der Waals surface area contributed by atoms with E-state index in [9.17, 15) is 0 Å². The van der Waals surface area contributed by atoms with E-state index in [4.69, 9.17) is 4.74 Å². The number of aliphatic imine (C=N–C) groups is 1. The third-order valence-corrected chi connectivity index (χ3v) is 2.53. The zero-order valence-electron chi connectivity index (χ0n) is 9.61. The maximum Gasteiger partial charge on any atom is 0.192 e. The molecule has 0 spiro atoms.